The first-order valence-corrected chi connectivity index (χ1v) is 8.23. The summed E-state index contributed by atoms with van der Waals surface area (Å²) in [5.74, 6) is -0.614. The summed E-state index contributed by atoms with van der Waals surface area (Å²) in [6.07, 6.45) is -1.68. The second kappa shape index (κ2) is 7.38. The third-order valence-corrected chi connectivity index (χ3v) is 3.87. The molecule has 0 bridgehead atoms. The molecule has 6 nitrogen and oxygen atoms in total. The van der Waals surface area contributed by atoms with Crippen LogP contribution >= 0.6 is 0 Å². The topological polar surface area (TPSA) is 70.3 Å². The van der Waals surface area contributed by atoms with Crippen LogP contribution in [0.3, 0.4) is 0 Å². The van der Waals surface area contributed by atoms with Crippen molar-refractivity contribution in [2.75, 3.05) is 0 Å². The van der Waals surface area contributed by atoms with E-state index in [0.717, 1.165) is 12.1 Å². The molecule has 0 unspecified atom stereocenters. The van der Waals surface area contributed by atoms with Gasteiger partial charge in [-0.15, -0.1) is 13.2 Å². The summed E-state index contributed by atoms with van der Waals surface area (Å²) in [6, 6.07) is 9.46. The van der Waals surface area contributed by atoms with Crippen molar-refractivity contribution in [3.8, 4) is 22.8 Å². The summed E-state index contributed by atoms with van der Waals surface area (Å²) in [5.41, 5.74) is 0.770. The molecule has 0 saturated carbocycles. The highest BCUT2D eigenvalue weighted by Crippen LogP contribution is 2.33. The number of hydrogen-bond acceptors (Lipinski definition) is 6. The predicted octanol–water partition coefficient (Wildman–Crippen LogP) is 4.90. The molecule has 2 aromatic carbocycles. The Morgan fingerprint density at radius 2 is 1.69 bits per heavy atom. The molecule has 0 saturated heterocycles. The molecule has 0 aliphatic heterocycles. The molecule has 4 aromatic rings. The van der Waals surface area contributed by atoms with Gasteiger partial charge in [-0.3, -0.25) is 0 Å². The van der Waals surface area contributed by atoms with Crippen LogP contribution in [0.5, 0.6) is 11.6 Å². The van der Waals surface area contributed by atoms with Gasteiger partial charge in [-0.1, -0.05) is 12.1 Å². The Balaban J connectivity index is 1.62. The number of halogens is 4. The van der Waals surface area contributed by atoms with Crippen LogP contribution in [-0.4, -0.2) is 21.5 Å². The number of rotatable bonds is 5. The SMILES string of the molecule is Fc1cc(-c2ccc(OC(F)(F)F)cc2)cc2c(OCc3ncccn3)noc12. The van der Waals surface area contributed by atoms with Crippen LogP contribution in [0.2, 0.25) is 0 Å². The second-order valence-electron chi connectivity index (χ2n) is 5.85. The molecular formula is C19H11F4N3O3. The molecule has 0 fully saturated rings. The van der Waals surface area contributed by atoms with E-state index in [-0.39, 0.29) is 29.2 Å². The van der Waals surface area contributed by atoms with Crippen molar-refractivity contribution in [3.05, 3.63) is 66.5 Å². The van der Waals surface area contributed by atoms with Crippen LogP contribution in [0, 0.1) is 5.82 Å². The largest absolute Gasteiger partial charge is 0.573 e. The number of benzene rings is 2. The zero-order chi connectivity index (χ0) is 20.4. The molecule has 0 atom stereocenters. The number of aromatic nitrogens is 3. The third kappa shape index (κ3) is 4.26. The summed E-state index contributed by atoms with van der Waals surface area (Å²) in [4.78, 5) is 8.03. The maximum atomic E-state index is 14.4. The van der Waals surface area contributed by atoms with Crippen LogP contribution in [0.15, 0.2) is 59.4 Å². The first kappa shape index (κ1) is 18.7. The van der Waals surface area contributed by atoms with Crippen molar-refractivity contribution >= 4 is 11.0 Å². The van der Waals surface area contributed by atoms with Gasteiger partial charge in [0.1, 0.15) is 12.4 Å². The van der Waals surface area contributed by atoms with Gasteiger partial charge in [0.05, 0.1) is 5.39 Å². The number of nitrogens with zero attached hydrogens (tertiary/aromatic N) is 3. The molecule has 0 aliphatic carbocycles. The Kier molecular flexibility index (Phi) is 4.75. The second-order valence-corrected chi connectivity index (χ2v) is 5.85. The normalized spacial score (nSPS) is 11.6. The highest BCUT2D eigenvalue weighted by atomic mass is 19.4. The Bertz CT molecular complexity index is 1130. The van der Waals surface area contributed by atoms with Crippen LogP contribution in [0.4, 0.5) is 17.6 Å². The van der Waals surface area contributed by atoms with Gasteiger partial charge in [0.25, 0.3) is 5.88 Å². The van der Waals surface area contributed by atoms with Gasteiger partial charge in [-0.2, -0.15) is 0 Å². The van der Waals surface area contributed by atoms with Crippen LogP contribution in [-0.2, 0) is 6.61 Å². The predicted molar refractivity (Wildman–Crippen MR) is 92.5 cm³/mol. The first-order chi connectivity index (χ1) is 13.9. The van der Waals surface area contributed by atoms with E-state index in [4.69, 9.17) is 9.26 Å². The minimum atomic E-state index is -4.79. The summed E-state index contributed by atoms with van der Waals surface area (Å²) >= 11 is 0. The fourth-order valence-corrected chi connectivity index (χ4v) is 2.64. The average molecular weight is 405 g/mol. The lowest BCUT2D eigenvalue weighted by molar-refractivity contribution is -0.274. The molecule has 148 valence electrons. The Morgan fingerprint density at radius 1 is 0.966 bits per heavy atom. The van der Waals surface area contributed by atoms with Gasteiger partial charge >= 0.3 is 6.36 Å². The van der Waals surface area contributed by atoms with E-state index in [1.165, 1.54) is 18.2 Å². The number of ether oxygens (including phenoxy) is 2. The molecule has 10 heteroatoms. The van der Waals surface area contributed by atoms with Gasteiger partial charge in [0.15, 0.2) is 11.6 Å². The molecule has 2 aromatic heterocycles. The zero-order valence-electron chi connectivity index (χ0n) is 14.5. The molecule has 2 heterocycles. The molecule has 0 N–H and O–H groups in total. The quantitative estimate of drug-likeness (QED) is 0.440. The lowest BCUT2D eigenvalue weighted by Gasteiger charge is -2.09. The van der Waals surface area contributed by atoms with E-state index >= 15 is 0 Å². The maximum absolute atomic E-state index is 14.4. The van der Waals surface area contributed by atoms with E-state index in [1.807, 2.05) is 0 Å². The van der Waals surface area contributed by atoms with E-state index < -0.39 is 12.2 Å². The van der Waals surface area contributed by atoms with E-state index in [1.54, 1.807) is 24.5 Å². The Hall–Kier alpha value is -3.69. The standard InChI is InChI=1S/C19H11F4N3O3/c20-15-9-12(11-2-4-13(5-3-11)28-19(21,22)23)8-14-17(15)29-26-18(14)27-10-16-24-6-1-7-25-16/h1-9H,10H2. The summed E-state index contributed by atoms with van der Waals surface area (Å²) in [5, 5.41) is 3.99. The highest BCUT2D eigenvalue weighted by Gasteiger charge is 2.31. The van der Waals surface area contributed by atoms with Gasteiger partial charge in [0.2, 0.25) is 5.58 Å². The van der Waals surface area contributed by atoms with E-state index in [2.05, 4.69) is 19.9 Å². The fourth-order valence-electron chi connectivity index (χ4n) is 2.64. The fraction of sp³-hybridized carbons (Fsp3) is 0.105. The molecule has 4 rings (SSSR count). The summed E-state index contributed by atoms with van der Waals surface area (Å²) < 4.78 is 65.6. The average Bonchev–Trinajstić information content (AvgIpc) is 3.10. The lowest BCUT2D eigenvalue weighted by Crippen LogP contribution is -2.16. The van der Waals surface area contributed by atoms with Crippen molar-refractivity contribution in [2.45, 2.75) is 13.0 Å². The van der Waals surface area contributed by atoms with Gasteiger partial charge < -0.3 is 14.0 Å². The molecular weight excluding hydrogens is 394 g/mol. The smallest absolute Gasteiger partial charge is 0.467 e. The van der Waals surface area contributed by atoms with Crippen molar-refractivity contribution in [1.29, 1.82) is 0 Å². The minimum absolute atomic E-state index is 0.00218. The summed E-state index contributed by atoms with van der Waals surface area (Å²) in [7, 11) is 0. The third-order valence-electron chi connectivity index (χ3n) is 3.87. The maximum Gasteiger partial charge on any atom is 0.573 e. The monoisotopic (exact) mass is 405 g/mol. The van der Waals surface area contributed by atoms with Crippen LogP contribution in [0.25, 0.3) is 22.1 Å². The number of hydrogen-bond donors (Lipinski definition) is 0. The Labute approximate surface area is 160 Å². The minimum Gasteiger partial charge on any atom is -0.467 e. The Morgan fingerprint density at radius 3 is 2.38 bits per heavy atom. The highest BCUT2D eigenvalue weighted by molar-refractivity contribution is 5.87. The van der Waals surface area contributed by atoms with Gasteiger partial charge in [-0.25, -0.2) is 14.4 Å². The van der Waals surface area contributed by atoms with Gasteiger partial charge in [0, 0.05) is 12.4 Å². The summed E-state index contributed by atoms with van der Waals surface area (Å²) in [6.45, 7) is -0.00218. The molecule has 0 amide bonds. The molecule has 29 heavy (non-hydrogen) atoms. The number of alkyl halides is 3. The van der Waals surface area contributed by atoms with E-state index in [0.29, 0.717) is 17.0 Å². The first-order valence-electron chi connectivity index (χ1n) is 8.23. The lowest BCUT2D eigenvalue weighted by atomic mass is 10.0. The molecule has 0 spiro atoms. The zero-order valence-corrected chi connectivity index (χ0v) is 14.5. The van der Waals surface area contributed by atoms with Crippen molar-refractivity contribution in [3.63, 3.8) is 0 Å². The van der Waals surface area contributed by atoms with Crippen molar-refractivity contribution < 1.29 is 31.6 Å². The number of fused-ring (bicyclic) bond motifs is 1. The van der Waals surface area contributed by atoms with Crippen LogP contribution < -0.4 is 9.47 Å². The van der Waals surface area contributed by atoms with Crippen molar-refractivity contribution in [1.82, 2.24) is 15.1 Å². The molecule has 0 aliphatic rings. The van der Waals surface area contributed by atoms with E-state index in [9.17, 15) is 17.6 Å². The van der Waals surface area contributed by atoms with Crippen molar-refractivity contribution in [2.24, 2.45) is 0 Å². The van der Waals surface area contributed by atoms with Crippen LogP contribution in [0.1, 0.15) is 5.82 Å². The van der Waals surface area contributed by atoms with Gasteiger partial charge in [-0.05, 0) is 46.6 Å². The molecule has 0 radical (unpaired) electrons.